The number of ether oxygens (including phenoxy) is 2. The second kappa shape index (κ2) is 12.0. The number of carbonyl (C=O) groups is 2. The van der Waals surface area contributed by atoms with E-state index in [1.54, 1.807) is 24.3 Å². The van der Waals surface area contributed by atoms with Gasteiger partial charge >= 0.3 is 0 Å². The molecule has 3 aromatic rings. The van der Waals surface area contributed by atoms with Gasteiger partial charge in [0.25, 0.3) is 0 Å². The summed E-state index contributed by atoms with van der Waals surface area (Å²) in [6, 6.07) is 22.6. The van der Waals surface area contributed by atoms with Crippen LogP contribution in [0.3, 0.4) is 0 Å². The minimum Gasteiger partial charge on any atom is -0.490 e. The third kappa shape index (κ3) is 7.81. The van der Waals surface area contributed by atoms with E-state index in [0.29, 0.717) is 30.4 Å². The lowest BCUT2D eigenvalue weighted by molar-refractivity contribution is -0.126. The van der Waals surface area contributed by atoms with E-state index in [0.717, 1.165) is 16.7 Å². The van der Waals surface area contributed by atoms with Gasteiger partial charge in [-0.1, -0.05) is 48.0 Å². The van der Waals surface area contributed by atoms with Crippen LogP contribution in [0.4, 0.5) is 5.69 Å². The Morgan fingerprint density at radius 2 is 1.67 bits per heavy atom. The Bertz CT molecular complexity index is 1100. The SMILES string of the molecule is CCOc1cc(C=NNC(=O)CC(=O)Nc2ccc(C)cc2)ccc1OCc1ccccc1. The Labute approximate surface area is 193 Å². The number of anilines is 1. The number of benzene rings is 3. The molecule has 0 bridgehead atoms. The number of carbonyl (C=O) groups excluding carboxylic acids is 2. The quantitative estimate of drug-likeness (QED) is 0.274. The van der Waals surface area contributed by atoms with Crippen LogP contribution in [0.2, 0.25) is 0 Å². The van der Waals surface area contributed by atoms with Gasteiger partial charge in [-0.15, -0.1) is 0 Å². The molecule has 0 radical (unpaired) electrons. The summed E-state index contributed by atoms with van der Waals surface area (Å²) in [5.74, 6) is 0.282. The molecule has 0 heterocycles. The monoisotopic (exact) mass is 445 g/mol. The largest absolute Gasteiger partial charge is 0.490 e. The van der Waals surface area contributed by atoms with Crippen LogP contribution in [0.1, 0.15) is 30.0 Å². The molecule has 7 nitrogen and oxygen atoms in total. The predicted octanol–water partition coefficient (Wildman–Crippen LogP) is 4.45. The van der Waals surface area contributed by atoms with Crippen LogP contribution in [0.15, 0.2) is 77.9 Å². The summed E-state index contributed by atoms with van der Waals surface area (Å²) in [5.41, 5.74) is 5.87. The topological polar surface area (TPSA) is 89.0 Å². The molecule has 3 aromatic carbocycles. The molecule has 0 saturated carbocycles. The zero-order chi connectivity index (χ0) is 23.5. The molecule has 0 aromatic heterocycles. The number of hydrogen-bond acceptors (Lipinski definition) is 5. The zero-order valence-corrected chi connectivity index (χ0v) is 18.7. The molecule has 2 N–H and O–H groups in total. The van der Waals surface area contributed by atoms with Gasteiger partial charge < -0.3 is 14.8 Å². The van der Waals surface area contributed by atoms with E-state index in [-0.39, 0.29) is 6.42 Å². The number of amides is 2. The van der Waals surface area contributed by atoms with Crippen molar-refractivity contribution in [2.75, 3.05) is 11.9 Å². The molecule has 0 fully saturated rings. The fourth-order valence-electron chi connectivity index (χ4n) is 2.93. The van der Waals surface area contributed by atoms with Crippen LogP contribution in [0.25, 0.3) is 0 Å². The van der Waals surface area contributed by atoms with Crippen LogP contribution >= 0.6 is 0 Å². The summed E-state index contributed by atoms with van der Waals surface area (Å²) < 4.78 is 11.6. The van der Waals surface area contributed by atoms with Crippen molar-refractivity contribution >= 4 is 23.7 Å². The third-order valence-corrected chi connectivity index (χ3v) is 4.56. The molecular formula is C26H27N3O4. The predicted molar refractivity (Wildman–Crippen MR) is 129 cm³/mol. The Morgan fingerprint density at radius 3 is 2.39 bits per heavy atom. The minimum atomic E-state index is -0.510. The summed E-state index contributed by atoms with van der Waals surface area (Å²) in [5, 5.41) is 6.61. The first kappa shape index (κ1) is 23.5. The van der Waals surface area contributed by atoms with Crippen LogP contribution in [-0.2, 0) is 16.2 Å². The second-order valence-corrected chi connectivity index (χ2v) is 7.30. The smallest absolute Gasteiger partial charge is 0.249 e. The van der Waals surface area contributed by atoms with Gasteiger partial charge in [-0.25, -0.2) is 5.43 Å². The standard InChI is InChI=1S/C26H27N3O4/c1-3-32-24-15-21(11-14-23(24)33-18-20-7-5-4-6-8-20)17-27-29-26(31)16-25(30)28-22-12-9-19(2)10-13-22/h4-15,17H,3,16,18H2,1-2H3,(H,28,30)(H,29,31). The van der Waals surface area contributed by atoms with E-state index in [4.69, 9.17) is 9.47 Å². The van der Waals surface area contributed by atoms with Crippen molar-refractivity contribution in [3.05, 3.63) is 89.5 Å². The van der Waals surface area contributed by atoms with Crippen molar-refractivity contribution in [1.29, 1.82) is 0 Å². The maximum Gasteiger partial charge on any atom is 0.249 e. The molecule has 7 heteroatoms. The van der Waals surface area contributed by atoms with Gasteiger partial charge in [0, 0.05) is 5.69 Å². The summed E-state index contributed by atoms with van der Waals surface area (Å²) >= 11 is 0. The lowest BCUT2D eigenvalue weighted by Gasteiger charge is -2.12. The van der Waals surface area contributed by atoms with Crippen LogP contribution in [0, 0.1) is 6.92 Å². The first-order valence-corrected chi connectivity index (χ1v) is 10.7. The third-order valence-electron chi connectivity index (χ3n) is 4.56. The van der Waals surface area contributed by atoms with Crippen molar-refractivity contribution in [2.45, 2.75) is 26.9 Å². The lowest BCUT2D eigenvalue weighted by atomic mass is 10.2. The molecule has 0 spiro atoms. The molecule has 170 valence electrons. The summed E-state index contributed by atoms with van der Waals surface area (Å²) in [6.07, 6.45) is 1.15. The normalized spacial score (nSPS) is 10.6. The number of rotatable bonds is 10. The molecule has 0 aliphatic heterocycles. The molecule has 0 saturated heterocycles. The second-order valence-electron chi connectivity index (χ2n) is 7.30. The number of hydrazone groups is 1. The van der Waals surface area contributed by atoms with Gasteiger partial charge in [-0.05, 0) is 55.3 Å². The van der Waals surface area contributed by atoms with Crippen LogP contribution in [-0.4, -0.2) is 24.6 Å². The molecular weight excluding hydrogens is 418 g/mol. The highest BCUT2D eigenvalue weighted by Gasteiger charge is 2.09. The van der Waals surface area contributed by atoms with Gasteiger partial charge in [0.05, 0.1) is 12.8 Å². The first-order chi connectivity index (χ1) is 16.0. The number of nitrogens with zero attached hydrogens (tertiary/aromatic N) is 1. The summed E-state index contributed by atoms with van der Waals surface area (Å²) in [4.78, 5) is 24.0. The molecule has 3 rings (SSSR count). The Hall–Kier alpha value is -4.13. The number of nitrogens with one attached hydrogen (secondary N) is 2. The highest BCUT2D eigenvalue weighted by molar-refractivity contribution is 6.03. The fraction of sp³-hybridized carbons (Fsp3) is 0.192. The van der Waals surface area contributed by atoms with Crippen LogP contribution < -0.4 is 20.2 Å². The van der Waals surface area contributed by atoms with Crippen molar-refractivity contribution in [3.8, 4) is 11.5 Å². The van der Waals surface area contributed by atoms with Crippen molar-refractivity contribution in [2.24, 2.45) is 5.10 Å². The van der Waals surface area contributed by atoms with E-state index < -0.39 is 11.8 Å². The molecule has 0 aliphatic carbocycles. The Balaban J connectivity index is 1.52. The number of hydrogen-bond donors (Lipinski definition) is 2. The minimum absolute atomic E-state index is 0.332. The molecule has 0 atom stereocenters. The van der Waals surface area contributed by atoms with E-state index in [1.165, 1.54) is 6.21 Å². The fourth-order valence-corrected chi connectivity index (χ4v) is 2.93. The van der Waals surface area contributed by atoms with Gasteiger partial charge in [-0.3, -0.25) is 9.59 Å². The van der Waals surface area contributed by atoms with Crippen molar-refractivity contribution in [1.82, 2.24) is 5.43 Å². The van der Waals surface area contributed by atoms with E-state index in [2.05, 4.69) is 15.8 Å². The maximum atomic E-state index is 12.0. The van der Waals surface area contributed by atoms with E-state index in [9.17, 15) is 9.59 Å². The van der Waals surface area contributed by atoms with Crippen LogP contribution in [0.5, 0.6) is 11.5 Å². The summed E-state index contributed by atoms with van der Waals surface area (Å²) in [6.45, 7) is 4.76. The van der Waals surface area contributed by atoms with E-state index >= 15 is 0 Å². The lowest BCUT2D eigenvalue weighted by Crippen LogP contribution is -2.24. The Morgan fingerprint density at radius 1 is 0.909 bits per heavy atom. The molecule has 2 amide bonds. The maximum absolute atomic E-state index is 12.0. The molecule has 0 unspecified atom stereocenters. The van der Waals surface area contributed by atoms with Gasteiger partial charge in [0.15, 0.2) is 11.5 Å². The molecule has 33 heavy (non-hydrogen) atoms. The average molecular weight is 446 g/mol. The first-order valence-electron chi connectivity index (χ1n) is 10.7. The zero-order valence-electron chi connectivity index (χ0n) is 18.7. The average Bonchev–Trinajstić information content (AvgIpc) is 2.81. The van der Waals surface area contributed by atoms with Crippen molar-refractivity contribution in [3.63, 3.8) is 0 Å². The Kier molecular flexibility index (Phi) is 8.59. The van der Waals surface area contributed by atoms with Gasteiger partial charge in [0.1, 0.15) is 13.0 Å². The van der Waals surface area contributed by atoms with Gasteiger partial charge in [0.2, 0.25) is 11.8 Å². The number of aryl methyl sites for hydroxylation is 1. The van der Waals surface area contributed by atoms with Gasteiger partial charge in [-0.2, -0.15) is 5.10 Å². The van der Waals surface area contributed by atoms with Crippen molar-refractivity contribution < 1.29 is 19.1 Å². The highest BCUT2D eigenvalue weighted by Crippen LogP contribution is 2.28. The molecule has 0 aliphatic rings. The summed E-state index contributed by atoms with van der Waals surface area (Å²) in [7, 11) is 0. The van der Waals surface area contributed by atoms with E-state index in [1.807, 2.05) is 62.4 Å². The highest BCUT2D eigenvalue weighted by atomic mass is 16.5.